The Morgan fingerprint density at radius 1 is 1.24 bits per heavy atom. The maximum absolute atomic E-state index is 11.6. The van der Waals surface area contributed by atoms with Crippen molar-refractivity contribution in [2.45, 2.75) is 19.3 Å². The normalized spacial score (nSPS) is 10.6. The Hall–Kier alpha value is -2.17. The smallest absolute Gasteiger partial charge is 0.303 e. The minimum Gasteiger partial charge on any atom is -0.481 e. The summed E-state index contributed by atoms with van der Waals surface area (Å²) in [5, 5.41) is 20.6. The lowest BCUT2D eigenvalue weighted by molar-refractivity contribution is -0.137. The third-order valence-electron chi connectivity index (χ3n) is 2.41. The van der Waals surface area contributed by atoms with Crippen molar-refractivity contribution in [1.82, 2.24) is 9.97 Å². The van der Waals surface area contributed by atoms with Crippen LogP contribution in [0.25, 0.3) is 10.9 Å². The van der Waals surface area contributed by atoms with Gasteiger partial charge in [-0.1, -0.05) is 12.1 Å². The van der Waals surface area contributed by atoms with E-state index in [-0.39, 0.29) is 12.3 Å². The van der Waals surface area contributed by atoms with E-state index in [0.717, 1.165) is 0 Å². The van der Waals surface area contributed by atoms with E-state index in [0.29, 0.717) is 29.6 Å². The molecular weight excluding hydrogens is 220 g/mol. The van der Waals surface area contributed by atoms with E-state index in [1.807, 2.05) is 0 Å². The van der Waals surface area contributed by atoms with Crippen LogP contribution in [0.4, 0.5) is 0 Å². The predicted octanol–water partition coefficient (Wildman–Crippen LogP) is 2.18. The molecule has 0 saturated carbocycles. The lowest BCUT2D eigenvalue weighted by Crippen LogP contribution is -1.99. The van der Waals surface area contributed by atoms with Crippen LogP contribution >= 0.6 is 0 Å². The highest BCUT2D eigenvalue weighted by Gasteiger charge is 2.08. The summed E-state index contributed by atoms with van der Waals surface area (Å²) in [4.78, 5) is 18.4. The summed E-state index contributed by atoms with van der Waals surface area (Å²) in [6, 6.07) is 6.99. The fraction of sp³-hybridized carbons (Fsp3) is 0.250. The van der Waals surface area contributed by atoms with Crippen molar-refractivity contribution >= 4 is 16.9 Å². The number of carboxylic acids is 1. The minimum absolute atomic E-state index is 0.0599. The molecule has 1 heterocycles. The first-order valence-corrected chi connectivity index (χ1v) is 5.31. The number of hydrogen-bond donors (Lipinski definition) is 1. The molecule has 0 aliphatic carbocycles. The van der Waals surface area contributed by atoms with Crippen LogP contribution in [0.5, 0.6) is 5.88 Å². The van der Waals surface area contributed by atoms with Crippen molar-refractivity contribution in [1.29, 1.82) is 0 Å². The van der Waals surface area contributed by atoms with Gasteiger partial charge in [-0.3, -0.25) is 9.90 Å². The molecule has 0 aliphatic rings. The minimum atomic E-state index is -0.854. The summed E-state index contributed by atoms with van der Waals surface area (Å²) in [5.74, 6) is -0.746. The Morgan fingerprint density at radius 2 is 2.00 bits per heavy atom. The van der Waals surface area contributed by atoms with Gasteiger partial charge in [-0.25, -0.2) is 4.98 Å². The maximum atomic E-state index is 11.6. The van der Waals surface area contributed by atoms with Crippen molar-refractivity contribution in [2.24, 2.45) is 0 Å². The molecule has 0 spiro atoms. The van der Waals surface area contributed by atoms with E-state index in [1.54, 1.807) is 24.3 Å². The second-order valence-electron chi connectivity index (χ2n) is 3.71. The third-order valence-corrected chi connectivity index (χ3v) is 2.41. The zero-order valence-corrected chi connectivity index (χ0v) is 9.09. The van der Waals surface area contributed by atoms with E-state index < -0.39 is 5.97 Å². The number of benzene rings is 1. The number of aromatic nitrogens is 2. The van der Waals surface area contributed by atoms with Crippen LogP contribution in [0.15, 0.2) is 24.3 Å². The van der Waals surface area contributed by atoms with Crippen LogP contribution < -0.4 is 0 Å². The molecule has 0 bridgehead atoms. The SMILES string of the molecule is [O]c1nc(CCCC(=O)O)nc2ccccc12. The predicted molar refractivity (Wildman–Crippen MR) is 60.2 cm³/mol. The van der Waals surface area contributed by atoms with Gasteiger partial charge in [0.2, 0.25) is 0 Å². The molecule has 0 aliphatic heterocycles. The average Bonchev–Trinajstić information content (AvgIpc) is 2.28. The molecule has 1 aromatic heterocycles. The Bertz CT molecular complexity index is 554. The Morgan fingerprint density at radius 3 is 2.76 bits per heavy atom. The van der Waals surface area contributed by atoms with E-state index in [4.69, 9.17) is 5.11 Å². The Labute approximate surface area is 97.8 Å². The maximum Gasteiger partial charge on any atom is 0.303 e. The van der Waals surface area contributed by atoms with Crippen molar-refractivity contribution in [3.8, 4) is 5.88 Å². The van der Waals surface area contributed by atoms with Gasteiger partial charge < -0.3 is 5.11 Å². The number of carbonyl (C=O) groups is 1. The van der Waals surface area contributed by atoms with Crippen LogP contribution in [0.3, 0.4) is 0 Å². The molecular formula is C12H11N2O3. The number of aliphatic carboxylic acids is 1. The number of aryl methyl sites for hydroxylation is 1. The highest BCUT2D eigenvalue weighted by Crippen LogP contribution is 2.21. The molecule has 1 N–H and O–H groups in total. The summed E-state index contributed by atoms with van der Waals surface area (Å²) in [6.07, 6.45) is 0.907. The summed E-state index contributed by atoms with van der Waals surface area (Å²) >= 11 is 0. The van der Waals surface area contributed by atoms with Crippen LogP contribution in [0, 0.1) is 0 Å². The summed E-state index contributed by atoms with van der Waals surface area (Å²) in [7, 11) is 0. The molecule has 1 aromatic carbocycles. The van der Waals surface area contributed by atoms with Crippen LogP contribution in [-0.4, -0.2) is 21.0 Å². The second kappa shape index (κ2) is 4.78. The van der Waals surface area contributed by atoms with Crippen molar-refractivity contribution in [2.75, 3.05) is 0 Å². The molecule has 5 heteroatoms. The molecule has 2 aromatic rings. The summed E-state index contributed by atoms with van der Waals surface area (Å²) in [6.45, 7) is 0. The highest BCUT2D eigenvalue weighted by atomic mass is 16.4. The fourth-order valence-corrected chi connectivity index (χ4v) is 1.60. The highest BCUT2D eigenvalue weighted by molar-refractivity contribution is 5.82. The molecule has 0 atom stereocenters. The molecule has 0 saturated heterocycles. The first kappa shape index (κ1) is 11.3. The number of nitrogens with zero attached hydrogens (tertiary/aromatic N) is 2. The lowest BCUT2D eigenvalue weighted by Gasteiger charge is -2.02. The molecule has 5 nitrogen and oxygen atoms in total. The summed E-state index contributed by atoms with van der Waals surface area (Å²) in [5.41, 5.74) is 0.609. The molecule has 1 radical (unpaired) electrons. The zero-order chi connectivity index (χ0) is 12.3. The first-order chi connectivity index (χ1) is 8.16. The summed E-state index contributed by atoms with van der Waals surface area (Å²) < 4.78 is 0. The lowest BCUT2D eigenvalue weighted by atomic mass is 10.2. The number of rotatable bonds is 4. The Kier molecular flexibility index (Phi) is 3.18. The topological polar surface area (TPSA) is 83.0 Å². The van der Waals surface area contributed by atoms with Gasteiger partial charge in [-0.05, 0) is 18.6 Å². The van der Waals surface area contributed by atoms with E-state index >= 15 is 0 Å². The number of carboxylic acid groups (broad SMARTS) is 1. The van der Waals surface area contributed by atoms with Crippen LogP contribution in [0.1, 0.15) is 18.7 Å². The van der Waals surface area contributed by atoms with E-state index in [2.05, 4.69) is 9.97 Å². The monoisotopic (exact) mass is 231 g/mol. The Balaban J connectivity index is 2.21. The van der Waals surface area contributed by atoms with Crippen molar-refractivity contribution in [3.63, 3.8) is 0 Å². The number of fused-ring (bicyclic) bond motifs is 1. The van der Waals surface area contributed by atoms with Gasteiger partial charge in [0.1, 0.15) is 5.82 Å². The molecule has 17 heavy (non-hydrogen) atoms. The van der Waals surface area contributed by atoms with E-state index in [9.17, 15) is 9.90 Å². The molecule has 0 unspecified atom stereocenters. The van der Waals surface area contributed by atoms with Crippen LogP contribution in [-0.2, 0) is 16.3 Å². The molecule has 2 rings (SSSR count). The van der Waals surface area contributed by atoms with Gasteiger partial charge in [0.25, 0.3) is 5.88 Å². The standard InChI is InChI=1S/C12H11N2O3/c15-11(16)7-3-6-10-13-9-5-2-1-4-8(9)12(17)14-10/h1-2,4-5H,3,6-7H2,(H,15,16). The third kappa shape index (κ3) is 2.69. The zero-order valence-electron chi connectivity index (χ0n) is 9.09. The molecule has 0 fully saturated rings. The quantitative estimate of drug-likeness (QED) is 0.874. The molecule has 0 amide bonds. The number of hydrogen-bond acceptors (Lipinski definition) is 3. The van der Waals surface area contributed by atoms with E-state index in [1.165, 1.54) is 0 Å². The number of para-hydroxylation sites is 1. The van der Waals surface area contributed by atoms with Gasteiger partial charge in [0.15, 0.2) is 0 Å². The van der Waals surface area contributed by atoms with Gasteiger partial charge in [-0.15, -0.1) is 0 Å². The molecule has 87 valence electrons. The fourth-order valence-electron chi connectivity index (χ4n) is 1.60. The van der Waals surface area contributed by atoms with Crippen molar-refractivity contribution in [3.05, 3.63) is 30.1 Å². The van der Waals surface area contributed by atoms with Crippen LogP contribution in [0.2, 0.25) is 0 Å². The average molecular weight is 231 g/mol. The van der Waals surface area contributed by atoms with Crippen molar-refractivity contribution < 1.29 is 15.0 Å². The van der Waals surface area contributed by atoms with Gasteiger partial charge >= 0.3 is 5.97 Å². The van der Waals surface area contributed by atoms with Gasteiger partial charge in [0.05, 0.1) is 10.9 Å². The second-order valence-corrected chi connectivity index (χ2v) is 3.71. The van der Waals surface area contributed by atoms with Gasteiger partial charge in [-0.2, -0.15) is 4.98 Å². The van der Waals surface area contributed by atoms with Gasteiger partial charge in [0, 0.05) is 12.8 Å². The first-order valence-electron chi connectivity index (χ1n) is 5.31. The largest absolute Gasteiger partial charge is 0.481 e.